The summed E-state index contributed by atoms with van der Waals surface area (Å²) in [6.45, 7) is 8.04. The Bertz CT molecular complexity index is 272. The molecular formula is C18H37NO4. The zero-order valence-corrected chi connectivity index (χ0v) is 15.1. The molecule has 0 bridgehead atoms. The summed E-state index contributed by atoms with van der Waals surface area (Å²) >= 11 is 0. The molecular weight excluding hydrogens is 294 g/mol. The number of aliphatic hydroxyl groups is 2. The zero-order valence-electron chi connectivity index (χ0n) is 15.1. The van der Waals surface area contributed by atoms with Crippen LogP contribution in [0.1, 0.15) is 65.2 Å². The lowest BCUT2D eigenvalue weighted by atomic mass is 10.1. The lowest BCUT2D eigenvalue weighted by Gasteiger charge is -2.22. The van der Waals surface area contributed by atoms with Crippen LogP contribution in [0.4, 0.5) is 0 Å². The molecule has 0 rings (SSSR count). The van der Waals surface area contributed by atoms with Crippen LogP contribution in [-0.2, 0) is 9.53 Å². The second kappa shape index (κ2) is 16.2. The molecule has 0 aromatic rings. The summed E-state index contributed by atoms with van der Waals surface area (Å²) in [5.41, 5.74) is 0. The van der Waals surface area contributed by atoms with Gasteiger partial charge in [-0.2, -0.15) is 0 Å². The summed E-state index contributed by atoms with van der Waals surface area (Å²) in [6, 6.07) is 0. The number of carbonyl (C=O) groups excluding carboxylic acids is 1. The first-order valence-corrected chi connectivity index (χ1v) is 9.19. The molecule has 2 N–H and O–H groups in total. The Kier molecular flexibility index (Phi) is 15.8. The van der Waals surface area contributed by atoms with E-state index in [1.54, 1.807) is 0 Å². The van der Waals surface area contributed by atoms with Crippen LogP contribution in [0, 0.1) is 5.92 Å². The molecule has 0 saturated heterocycles. The molecule has 0 aliphatic heterocycles. The van der Waals surface area contributed by atoms with Crippen molar-refractivity contribution in [2.75, 3.05) is 39.5 Å². The number of unbranched alkanes of at least 4 members (excludes halogenated alkanes) is 4. The van der Waals surface area contributed by atoms with Gasteiger partial charge in [-0.25, -0.2) is 0 Å². The fraction of sp³-hybridized carbons (Fsp3) is 0.944. The average molecular weight is 331 g/mol. The highest BCUT2D eigenvalue weighted by atomic mass is 16.5. The van der Waals surface area contributed by atoms with E-state index in [0.717, 1.165) is 64.6 Å². The van der Waals surface area contributed by atoms with Gasteiger partial charge in [0.1, 0.15) is 0 Å². The lowest BCUT2D eigenvalue weighted by molar-refractivity contribution is -0.144. The number of hydrogen-bond donors (Lipinski definition) is 2. The molecule has 138 valence electrons. The molecule has 5 nitrogen and oxygen atoms in total. The Balaban J connectivity index is 3.81. The minimum Gasteiger partial charge on any atom is -0.466 e. The largest absolute Gasteiger partial charge is 0.466 e. The Hall–Kier alpha value is -0.650. The van der Waals surface area contributed by atoms with Crippen molar-refractivity contribution in [1.29, 1.82) is 0 Å². The zero-order chi connectivity index (χ0) is 17.3. The van der Waals surface area contributed by atoms with Crippen molar-refractivity contribution in [3.63, 3.8) is 0 Å². The van der Waals surface area contributed by atoms with E-state index in [2.05, 4.69) is 18.7 Å². The van der Waals surface area contributed by atoms with Gasteiger partial charge in [0.15, 0.2) is 0 Å². The van der Waals surface area contributed by atoms with Gasteiger partial charge >= 0.3 is 5.97 Å². The third-order valence-corrected chi connectivity index (χ3v) is 3.85. The molecule has 0 amide bonds. The van der Waals surface area contributed by atoms with Gasteiger partial charge in [-0.05, 0) is 57.5 Å². The first-order valence-electron chi connectivity index (χ1n) is 9.19. The summed E-state index contributed by atoms with van der Waals surface area (Å²) in [5, 5.41) is 17.6. The predicted octanol–water partition coefficient (Wildman–Crippen LogP) is 2.59. The highest BCUT2D eigenvalue weighted by molar-refractivity contribution is 5.69. The minimum atomic E-state index is -0.121. The first-order chi connectivity index (χ1) is 11.1. The van der Waals surface area contributed by atoms with Crippen LogP contribution in [0.2, 0.25) is 0 Å². The van der Waals surface area contributed by atoms with Gasteiger partial charge in [0, 0.05) is 19.8 Å². The van der Waals surface area contributed by atoms with Crippen molar-refractivity contribution < 1.29 is 19.7 Å². The molecule has 0 atom stereocenters. The van der Waals surface area contributed by atoms with E-state index in [-0.39, 0.29) is 19.2 Å². The van der Waals surface area contributed by atoms with Gasteiger partial charge < -0.3 is 19.8 Å². The van der Waals surface area contributed by atoms with Crippen molar-refractivity contribution >= 4 is 5.97 Å². The maximum absolute atomic E-state index is 11.8. The van der Waals surface area contributed by atoms with E-state index in [1.807, 2.05) is 0 Å². The Labute approximate surface area is 142 Å². The maximum Gasteiger partial charge on any atom is 0.307 e. The van der Waals surface area contributed by atoms with Gasteiger partial charge in [0.05, 0.1) is 13.0 Å². The van der Waals surface area contributed by atoms with Crippen molar-refractivity contribution in [3.05, 3.63) is 0 Å². The molecule has 5 heteroatoms. The van der Waals surface area contributed by atoms with E-state index in [1.165, 1.54) is 0 Å². The highest BCUT2D eigenvalue weighted by Gasteiger charge is 2.10. The number of hydrogen-bond acceptors (Lipinski definition) is 5. The number of aliphatic hydroxyl groups excluding tert-OH is 2. The fourth-order valence-electron chi connectivity index (χ4n) is 2.30. The van der Waals surface area contributed by atoms with Crippen LogP contribution in [0.15, 0.2) is 0 Å². The minimum absolute atomic E-state index is 0.121. The Morgan fingerprint density at radius 2 is 1.57 bits per heavy atom. The van der Waals surface area contributed by atoms with Crippen molar-refractivity contribution in [3.8, 4) is 0 Å². The fourth-order valence-corrected chi connectivity index (χ4v) is 2.30. The molecule has 23 heavy (non-hydrogen) atoms. The molecule has 0 saturated carbocycles. The molecule has 0 aromatic carbocycles. The number of ether oxygens (including phenoxy) is 1. The smallest absolute Gasteiger partial charge is 0.307 e. The molecule has 0 unspecified atom stereocenters. The molecule has 0 fully saturated rings. The summed E-state index contributed by atoms with van der Waals surface area (Å²) < 4.78 is 5.26. The average Bonchev–Trinajstić information content (AvgIpc) is 2.52. The second-order valence-electron chi connectivity index (χ2n) is 6.56. The summed E-state index contributed by atoms with van der Waals surface area (Å²) in [7, 11) is 0. The third kappa shape index (κ3) is 16.0. The molecule has 0 aliphatic carbocycles. The van der Waals surface area contributed by atoms with Crippen LogP contribution < -0.4 is 0 Å². The van der Waals surface area contributed by atoms with Crippen molar-refractivity contribution in [2.24, 2.45) is 5.92 Å². The molecule has 0 radical (unpaired) electrons. The van der Waals surface area contributed by atoms with Gasteiger partial charge in [0.25, 0.3) is 0 Å². The summed E-state index contributed by atoms with van der Waals surface area (Å²) in [4.78, 5) is 14.1. The lowest BCUT2D eigenvalue weighted by Crippen LogP contribution is -2.30. The van der Waals surface area contributed by atoms with Crippen molar-refractivity contribution in [2.45, 2.75) is 65.2 Å². The van der Waals surface area contributed by atoms with Crippen LogP contribution in [-0.4, -0.2) is 60.5 Å². The van der Waals surface area contributed by atoms with Gasteiger partial charge in [-0.3, -0.25) is 4.79 Å². The first kappa shape index (κ1) is 22.4. The molecule has 0 spiro atoms. The van der Waals surface area contributed by atoms with Crippen LogP contribution >= 0.6 is 0 Å². The van der Waals surface area contributed by atoms with E-state index in [0.29, 0.717) is 18.9 Å². The predicted molar refractivity (Wildman–Crippen MR) is 93.3 cm³/mol. The topological polar surface area (TPSA) is 70.0 Å². The molecule has 0 heterocycles. The molecule has 0 aliphatic rings. The molecule has 0 aromatic heterocycles. The standard InChI is InChI=1S/C18H37NO4/c1-17(2)9-12-19(11-5-7-15-21)13-10-18(22)23-16-8-4-3-6-14-20/h17,20-21H,3-16H2,1-2H3. The van der Waals surface area contributed by atoms with Crippen LogP contribution in [0.5, 0.6) is 0 Å². The van der Waals surface area contributed by atoms with E-state index in [9.17, 15) is 4.79 Å². The quantitative estimate of drug-likeness (QED) is 0.336. The van der Waals surface area contributed by atoms with Gasteiger partial charge in [-0.1, -0.05) is 20.3 Å². The monoisotopic (exact) mass is 331 g/mol. The normalized spacial score (nSPS) is 11.4. The van der Waals surface area contributed by atoms with Gasteiger partial charge in [-0.15, -0.1) is 0 Å². The maximum atomic E-state index is 11.8. The highest BCUT2D eigenvalue weighted by Crippen LogP contribution is 2.06. The van der Waals surface area contributed by atoms with Crippen molar-refractivity contribution in [1.82, 2.24) is 4.90 Å². The summed E-state index contributed by atoms with van der Waals surface area (Å²) in [6.07, 6.45) is 7.03. The number of esters is 1. The Morgan fingerprint density at radius 1 is 0.913 bits per heavy atom. The SMILES string of the molecule is CC(C)CCN(CCCCO)CCC(=O)OCCCCCCO. The number of carbonyl (C=O) groups is 1. The van der Waals surface area contributed by atoms with Gasteiger partial charge in [0.2, 0.25) is 0 Å². The summed E-state index contributed by atoms with van der Waals surface area (Å²) in [5.74, 6) is 0.532. The second-order valence-corrected chi connectivity index (χ2v) is 6.56. The third-order valence-electron chi connectivity index (χ3n) is 3.85. The van der Waals surface area contributed by atoms with E-state index >= 15 is 0 Å². The van der Waals surface area contributed by atoms with E-state index in [4.69, 9.17) is 14.9 Å². The van der Waals surface area contributed by atoms with Crippen LogP contribution in [0.25, 0.3) is 0 Å². The Morgan fingerprint density at radius 3 is 2.22 bits per heavy atom. The number of nitrogens with zero attached hydrogens (tertiary/aromatic N) is 1. The number of rotatable bonds is 16. The van der Waals surface area contributed by atoms with Crippen LogP contribution in [0.3, 0.4) is 0 Å². The van der Waals surface area contributed by atoms with E-state index < -0.39 is 0 Å².